The lowest BCUT2D eigenvalue weighted by Gasteiger charge is -2.55. The van der Waals surface area contributed by atoms with Crippen molar-refractivity contribution in [2.45, 2.75) is 19.3 Å². The summed E-state index contributed by atoms with van der Waals surface area (Å²) in [6, 6.07) is 7.68. The number of rotatable bonds is 3. The maximum Gasteiger partial charge on any atom is 0.184 e. The standard InChI is InChI=1S/C16H19N3O2/c20-15(16-13-3-1-2-4-14(13)17-18-16)9-12-10-19(21)7-5-11(12)6-8-19/h1-4,11-12H,5-10H2,(H,17,18)/t11?,12-,19?/m1/s1. The van der Waals surface area contributed by atoms with Crippen molar-refractivity contribution >= 4 is 16.7 Å². The zero-order chi connectivity index (χ0) is 14.4. The molecule has 1 aromatic carbocycles. The highest BCUT2D eigenvalue weighted by molar-refractivity contribution is 6.05. The molecule has 2 bridgehead atoms. The number of quaternary nitrogens is 1. The zero-order valence-corrected chi connectivity index (χ0v) is 11.9. The lowest BCUT2D eigenvalue weighted by molar-refractivity contribution is -0.901. The van der Waals surface area contributed by atoms with Gasteiger partial charge in [0.2, 0.25) is 0 Å². The molecule has 0 aliphatic carbocycles. The third kappa shape index (κ3) is 2.17. The van der Waals surface area contributed by atoms with Crippen LogP contribution in [0.5, 0.6) is 0 Å². The largest absolute Gasteiger partial charge is 0.633 e. The van der Waals surface area contributed by atoms with Crippen molar-refractivity contribution in [1.29, 1.82) is 0 Å². The van der Waals surface area contributed by atoms with Crippen LogP contribution in [0.4, 0.5) is 0 Å². The van der Waals surface area contributed by atoms with E-state index in [-0.39, 0.29) is 16.3 Å². The van der Waals surface area contributed by atoms with Gasteiger partial charge in [-0.1, -0.05) is 18.2 Å². The van der Waals surface area contributed by atoms with Crippen LogP contribution in [0.25, 0.3) is 10.9 Å². The number of fused-ring (bicyclic) bond motifs is 4. The Morgan fingerprint density at radius 3 is 2.86 bits per heavy atom. The van der Waals surface area contributed by atoms with Crippen LogP contribution in [-0.4, -0.2) is 40.3 Å². The number of carbonyl (C=O) groups is 1. The van der Waals surface area contributed by atoms with E-state index in [0.717, 1.165) is 36.8 Å². The van der Waals surface area contributed by atoms with Crippen LogP contribution >= 0.6 is 0 Å². The molecule has 4 heterocycles. The fourth-order valence-electron chi connectivity index (χ4n) is 4.03. The van der Waals surface area contributed by atoms with Crippen LogP contribution in [0.1, 0.15) is 29.8 Å². The number of nitrogens with zero attached hydrogens (tertiary/aromatic N) is 2. The summed E-state index contributed by atoms with van der Waals surface area (Å²) in [6.07, 6.45) is 2.41. The number of nitrogens with one attached hydrogen (secondary N) is 1. The van der Waals surface area contributed by atoms with Gasteiger partial charge in [0.15, 0.2) is 5.78 Å². The Morgan fingerprint density at radius 2 is 2.10 bits per heavy atom. The third-order valence-electron chi connectivity index (χ3n) is 5.23. The number of hydrogen-bond donors (Lipinski definition) is 1. The Bertz CT molecular complexity index is 686. The highest BCUT2D eigenvalue weighted by Gasteiger charge is 2.42. The van der Waals surface area contributed by atoms with E-state index < -0.39 is 0 Å². The summed E-state index contributed by atoms with van der Waals surface area (Å²) in [5.74, 6) is 0.846. The zero-order valence-electron chi connectivity index (χ0n) is 11.9. The number of para-hydroxylation sites is 1. The number of benzene rings is 1. The van der Waals surface area contributed by atoms with Gasteiger partial charge in [-0.25, -0.2) is 0 Å². The molecule has 110 valence electrons. The van der Waals surface area contributed by atoms with E-state index in [4.69, 9.17) is 0 Å². The molecule has 1 atom stereocenters. The van der Waals surface area contributed by atoms with Gasteiger partial charge in [0, 0.05) is 30.6 Å². The molecule has 3 aliphatic heterocycles. The number of ketones is 1. The first-order chi connectivity index (χ1) is 10.1. The van der Waals surface area contributed by atoms with Gasteiger partial charge in [-0.3, -0.25) is 9.89 Å². The van der Waals surface area contributed by atoms with Crippen molar-refractivity contribution in [2.24, 2.45) is 11.8 Å². The first-order valence-corrected chi connectivity index (χ1v) is 7.68. The van der Waals surface area contributed by atoms with Crippen LogP contribution in [-0.2, 0) is 0 Å². The molecule has 2 aromatic rings. The van der Waals surface area contributed by atoms with Crippen LogP contribution < -0.4 is 0 Å². The minimum Gasteiger partial charge on any atom is -0.633 e. The lowest BCUT2D eigenvalue weighted by atomic mass is 9.76. The fraction of sp³-hybridized carbons (Fsp3) is 0.500. The minimum atomic E-state index is -0.0875. The molecular formula is C16H19N3O2. The summed E-state index contributed by atoms with van der Waals surface area (Å²) in [7, 11) is 0. The number of hydroxylamine groups is 3. The fourth-order valence-corrected chi connectivity index (χ4v) is 4.03. The van der Waals surface area contributed by atoms with E-state index >= 15 is 0 Å². The van der Waals surface area contributed by atoms with Crippen LogP contribution in [0.3, 0.4) is 0 Å². The summed E-state index contributed by atoms with van der Waals surface area (Å²) in [5.41, 5.74) is 1.42. The number of Topliss-reactive ketones (excluding diaryl/α,β-unsaturated/α-hetero) is 1. The first kappa shape index (κ1) is 13.0. The predicted octanol–water partition coefficient (Wildman–Crippen LogP) is 2.49. The maximum atomic E-state index is 12.6. The molecule has 3 aliphatic rings. The van der Waals surface area contributed by atoms with Crippen LogP contribution in [0.15, 0.2) is 24.3 Å². The Balaban J connectivity index is 1.56. The number of piperidine rings is 3. The number of aromatic nitrogens is 2. The van der Waals surface area contributed by atoms with Gasteiger partial charge in [0.25, 0.3) is 0 Å². The van der Waals surface area contributed by atoms with Gasteiger partial charge in [0.1, 0.15) is 5.69 Å². The van der Waals surface area contributed by atoms with Crippen molar-refractivity contribution in [2.75, 3.05) is 19.6 Å². The Kier molecular flexibility index (Phi) is 2.87. The molecule has 3 fully saturated rings. The molecule has 0 saturated carbocycles. The molecule has 21 heavy (non-hydrogen) atoms. The van der Waals surface area contributed by atoms with E-state index in [9.17, 15) is 10.0 Å². The van der Waals surface area contributed by atoms with Gasteiger partial charge in [-0.2, -0.15) is 5.10 Å². The summed E-state index contributed by atoms with van der Waals surface area (Å²) in [5, 5.41) is 20.4. The number of H-pyrrole nitrogens is 1. The van der Waals surface area contributed by atoms with Gasteiger partial charge in [0.05, 0.1) is 25.2 Å². The van der Waals surface area contributed by atoms with Gasteiger partial charge < -0.3 is 9.85 Å². The van der Waals surface area contributed by atoms with Crippen molar-refractivity contribution in [3.05, 3.63) is 35.2 Å². The molecular weight excluding hydrogens is 266 g/mol. The van der Waals surface area contributed by atoms with Crippen molar-refractivity contribution in [3.63, 3.8) is 0 Å². The highest BCUT2D eigenvalue weighted by atomic mass is 16.5. The normalized spacial score (nSPS) is 31.7. The summed E-state index contributed by atoms with van der Waals surface area (Å²) < 4.78 is -0.0875. The molecule has 0 amide bonds. The van der Waals surface area contributed by atoms with E-state index in [1.54, 1.807) is 0 Å². The second-order valence-electron chi connectivity index (χ2n) is 6.53. The Labute approximate surface area is 123 Å². The maximum absolute atomic E-state index is 12.6. The van der Waals surface area contributed by atoms with E-state index in [1.807, 2.05) is 24.3 Å². The Hall–Kier alpha value is -1.72. The molecule has 5 nitrogen and oxygen atoms in total. The summed E-state index contributed by atoms with van der Waals surface area (Å²) >= 11 is 0. The quantitative estimate of drug-likeness (QED) is 0.535. The molecule has 1 aromatic heterocycles. The van der Waals surface area contributed by atoms with Crippen molar-refractivity contribution in [3.8, 4) is 0 Å². The second kappa shape index (κ2) is 4.64. The summed E-state index contributed by atoms with van der Waals surface area (Å²) in [6.45, 7) is 2.08. The minimum absolute atomic E-state index is 0.0674. The number of aromatic amines is 1. The molecule has 5 rings (SSSR count). The molecule has 3 saturated heterocycles. The monoisotopic (exact) mass is 285 g/mol. The van der Waals surface area contributed by atoms with Crippen molar-refractivity contribution in [1.82, 2.24) is 10.2 Å². The molecule has 0 radical (unpaired) electrons. The molecule has 0 spiro atoms. The van der Waals surface area contributed by atoms with Crippen molar-refractivity contribution < 1.29 is 9.44 Å². The van der Waals surface area contributed by atoms with E-state index in [0.29, 0.717) is 24.6 Å². The molecule has 1 N–H and O–H groups in total. The van der Waals surface area contributed by atoms with E-state index in [1.165, 1.54) is 0 Å². The SMILES string of the molecule is O=C(C[C@@H]1C[N+]2([O-])CCC1CC2)c1n[nH]c2ccccc12. The number of carbonyl (C=O) groups excluding carboxylic acids is 1. The summed E-state index contributed by atoms with van der Waals surface area (Å²) in [4.78, 5) is 12.6. The topological polar surface area (TPSA) is 68.8 Å². The van der Waals surface area contributed by atoms with E-state index in [2.05, 4.69) is 10.2 Å². The predicted molar refractivity (Wildman–Crippen MR) is 79.5 cm³/mol. The lowest BCUT2D eigenvalue weighted by Crippen LogP contribution is -2.58. The van der Waals surface area contributed by atoms with Gasteiger partial charge in [-0.15, -0.1) is 0 Å². The average molecular weight is 285 g/mol. The second-order valence-corrected chi connectivity index (χ2v) is 6.53. The average Bonchev–Trinajstić information content (AvgIpc) is 2.91. The molecule has 5 heteroatoms. The smallest absolute Gasteiger partial charge is 0.184 e. The van der Waals surface area contributed by atoms with Gasteiger partial charge >= 0.3 is 0 Å². The van der Waals surface area contributed by atoms with Crippen LogP contribution in [0, 0.1) is 17.0 Å². The third-order valence-corrected chi connectivity index (χ3v) is 5.23. The van der Waals surface area contributed by atoms with Gasteiger partial charge in [-0.05, 0) is 12.0 Å². The highest BCUT2D eigenvalue weighted by Crippen LogP contribution is 2.39. The Morgan fingerprint density at radius 1 is 1.33 bits per heavy atom. The number of hydrogen-bond acceptors (Lipinski definition) is 3. The van der Waals surface area contributed by atoms with Crippen LogP contribution in [0.2, 0.25) is 0 Å². The molecule has 0 unspecified atom stereocenters. The first-order valence-electron chi connectivity index (χ1n) is 7.68.